The molecule has 0 radical (unpaired) electrons. The maximum absolute atomic E-state index is 15.0. The highest BCUT2D eigenvalue weighted by molar-refractivity contribution is 8.00. The molecule has 0 bridgehead atoms. The van der Waals surface area contributed by atoms with Gasteiger partial charge in [-0.05, 0) is 54.1 Å². The number of carbonyl (C=O) groups is 1. The molecule has 3 heterocycles. The smallest absolute Gasteiger partial charge is 0.290 e. The van der Waals surface area contributed by atoms with Gasteiger partial charge in [0.1, 0.15) is 41.5 Å². The molecule has 18 heteroatoms. The van der Waals surface area contributed by atoms with E-state index in [0.717, 1.165) is 18.2 Å². The van der Waals surface area contributed by atoms with E-state index in [9.17, 15) is 40.8 Å². The Hall–Kier alpha value is -4.63. The monoisotopic (exact) mass is 740 g/mol. The van der Waals surface area contributed by atoms with E-state index in [-0.39, 0.29) is 38.3 Å². The van der Waals surface area contributed by atoms with Crippen LogP contribution >= 0.6 is 23.1 Å². The predicted molar refractivity (Wildman–Crippen MR) is 164 cm³/mol. The standard InChI is InChI=1S/C32H21F9N6OS2/c1-49-30-45-29-22(50-30)11-19(15-2-3-20(35)16(9-15)12-42)25(44-29)21(8-14-6-17(33)10-18(34)7-14)43-23(48)13-47-27-24(26(46-47)28(36)37)31(38,39)4-5-32(27,40)41/h2-3,6-7,9-11,21,28H,4-5,8,13H2,1H3,(H,43,48). The third kappa shape index (κ3) is 6.75. The number of pyridine rings is 1. The average molecular weight is 741 g/mol. The number of hydrogen-bond acceptors (Lipinski definition) is 7. The molecule has 2 aromatic carbocycles. The van der Waals surface area contributed by atoms with Gasteiger partial charge in [0.15, 0.2) is 9.99 Å². The summed E-state index contributed by atoms with van der Waals surface area (Å²) in [6.45, 7) is -1.23. The van der Waals surface area contributed by atoms with Crippen LogP contribution in [0.5, 0.6) is 0 Å². The molecule has 0 saturated carbocycles. The van der Waals surface area contributed by atoms with Gasteiger partial charge in [0, 0.05) is 24.5 Å². The van der Waals surface area contributed by atoms with Crippen LogP contribution in [0.4, 0.5) is 39.5 Å². The first kappa shape index (κ1) is 35.2. The highest BCUT2D eigenvalue weighted by Crippen LogP contribution is 2.52. The molecule has 260 valence electrons. The van der Waals surface area contributed by atoms with Crippen molar-refractivity contribution < 1.29 is 44.3 Å². The highest BCUT2D eigenvalue weighted by Gasteiger charge is 2.55. The van der Waals surface area contributed by atoms with Crippen molar-refractivity contribution in [3.8, 4) is 17.2 Å². The van der Waals surface area contributed by atoms with Crippen LogP contribution in [0.1, 0.15) is 59.1 Å². The molecule has 1 N–H and O–H groups in total. The maximum atomic E-state index is 15.0. The zero-order valence-electron chi connectivity index (χ0n) is 25.4. The molecule has 7 nitrogen and oxygen atoms in total. The summed E-state index contributed by atoms with van der Waals surface area (Å²) in [6, 6.07) is 8.02. The number of carbonyl (C=O) groups excluding carboxylic acids is 1. The third-order valence-electron chi connectivity index (χ3n) is 7.94. The van der Waals surface area contributed by atoms with Gasteiger partial charge in [0.2, 0.25) is 5.91 Å². The number of thiazole rings is 1. The predicted octanol–water partition coefficient (Wildman–Crippen LogP) is 8.58. The van der Waals surface area contributed by atoms with Crippen LogP contribution in [-0.4, -0.2) is 31.9 Å². The second-order valence-electron chi connectivity index (χ2n) is 11.3. The lowest BCUT2D eigenvalue weighted by molar-refractivity contribution is -0.123. The van der Waals surface area contributed by atoms with Crippen LogP contribution in [0.25, 0.3) is 21.5 Å². The van der Waals surface area contributed by atoms with Crippen molar-refractivity contribution in [3.63, 3.8) is 0 Å². The van der Waals surface area contributed by atoms with Crippen molar-refractivity contribution in [1.82, 2.24) is 25.1 Å². The van der Waals surface area contributed by atoms with Crippen LogP contribution in [0.15, 0.2) is 46.8 Å². The molecule has 0 fully saturated rings. The summed E-state index contributed by atoms with van der Waals surface area (Å²) >= 11 is 2.53. The number of benzene rings is 2. The van der Waals surface area contributed by atoms with E-state index in [0.29, 0.717) is 15.1 Å². The minimum Gasteiger partial charge on any atom is -0.346 e. The third-order valence-corrected chi connectivity index (χ3v) is 9.91. The summed E-state index contributed by atoms with van der Waals surface area (Å²) in [5, 5.41) is 15.3. The van der Waals surface area contributed by atoms with Crippen molar-refractivity contribution in [2.45, 2.75) is 54.5 Å². The van der Waals surface area contributed by atoms with Crippen LogP contribution < -0.4 is 5.32 Å². The largest absolute Gasteiger partial charge is 0.346 e. The number of fused-ring (bicyclic) bond motifs is 2. The Balaban J connectivity index is 1.48. The van der Waals surface area contributed by atoms with Gasteiger partial charge in [-0.3, -0.25) is 9.48 Å². The molecule has 0 saturated heterocycles. The zero-order valence-corrected chi connectivity index (χ0v) is 27.0. The summed E-state index contributed by atoms with van der Waals surface area (Å²) in [5.41, 5.74) is -4.49. The molecule has 1 aliphatic rings. The number of nitrogens with zero attached hydrogens (tertiary/aromatic N) is 5. The average Bonchev–Trinajstić information content (AvgIpc) is 3.65. The number of amides is 1. The molecular formula is C32H21F9N6OS2. The molecule has 6 rings (SSSR count). The number of aromatic nitrogens is 4. The molecule has 0 spiro atoms. The Morgan fingerprint density at radius 2 is 1.72 bits per heavy atom. The van der Waals surface area contributed by atoms with Crippen molar-refractivity contribution in [1.29, 1.82) is 5.26 Å². The molecule has 3 aromatic heterocycles. The van der Waals surface area contributed by atoms with Gasteiger partial charge in [-0.15, -0.1) is 11.3 Å². The van der Waals surface area contributed by atoms with E-state index in [1.165, 1.54) is 35.2 Å². The maximum Gasteiger partial charge on any atom is 0.290 e. The first-order chi connectivity index (χ1) is 23.6. The van der Waals surface area contributed by atoms with Gasteiger partial charge in [0.25, 0.3) is 18.3 Å². The Morgan fingerprint density at radius 3 is 2.38 bits per heavy atom. The number of rotatable bonds is 9. The summed E-state index contributed by atoms with van der Waals surface area (Å²) in [7, 11) is 0. The highest BCUT2D eigenvalue weighted by atomic mass is 32.2. The first-order valence-electron chi connectivity index (χ1n) is 14.6. The van der Waals surface area contributed by atoms with E-state index in [2.05, 4.69) is 20.4 Å². The van der Waals surface area contributed by atoms with Crippen molar-refractivity contribution >= 4 is 39.4 Å². The molecule has 1 unspecified atom stereocenters. The number of alkyl halides is 6. The Labute approximate surface area is 285 Å². The topological polar surface area (TPSA) is 96.5 Å². The minimum absolute atomic E-state index is 0.0109. The molecule has 50 heavy (non-hydrogen) atoms. The van der Waals surface area contributed by atoms with Crippen molar-refractivity contribution in [2.75, 3.05) is 6.26 Å². The number of nitriles is 1. The molecule has 1 atom stereocenters. The summed E-state index contributed by atoms with van der Waals surface area (Å²) in [5.74, 6) is -12.1. The Morgan fingerprint density at radius 1 is 1.02 bits per heavy atom. The van der Waals surface area contributed by atoms with E-state index in [1.54, 1.807) is 18.4 Å². The Bertz CT molecular complexity index is 2160. The fourth-order valence-electron chi connectivity index (χ4n) is 5.81. The van der Waals surface area contributed by atoms with Gasteiger partial charge < -0.3 is 5.32 Å². The quantitative estimate of drug-likeness (QED) is 0.120. The molecular weight excluding hydrogens is 720 g/mol. The second-order valence-corrected chi connectivity index (χ2v) is 13.4. The van der Waals surface area contributed by atoms with Gasteiger partial charge >= 0.3 is 0 Å². The van der Waals surface area contributed by atoms with Crippen LogP contribution in [0.2, 0.25) is 0 Å². The van der Waals surface area contributed by atoms with E-state index < -0.39 is 90.4 Å². The number of halogens is 9. The Kier molecular flexibility index (Phi) is 9.33. The van der Waals surface area contributed by atoms with Gasteiger partial charge in [-0.2, -0.15) is 19.1 Å². The van der Waals surface area contributed by atoms with Crippen LogP contribution in [-0.2, 0) is 29.6 Å². The molecule has 0 aliphatic heterocycles. The molecule has 1 amide bonds. The summed E-state index contributed by atoms with van der Waals surface area (Å²) in [4.78, 5) is 22.6. The second kappa shape index (κ2) is 13.2. The SMILES string of the molecule is CSc1nc2nc(C(Cc3cc(F)cc(F)c3)NC(=O)Cn3nc(C(F)F)c4c3C(F)(F)CCC4(F)F)c(-c3ccc(F)c(C#N)c3)cc2s1. The zero-order chi connectivity index (χ0) is 36.1. The summed E-state index contributed by atoms with van der Waals surface area (Å²) in [6.07, 6.45) is -5.11. The van der Waals surface area contributed by atoms with Gasteiger partial charge in [-0.25, -0.2) is 40.7 Å². The number of thioether (sulfide) groups is 1. The van der Waals surface area contributed by atoms with Crippen molar-refractivity contribution in [2.24, 2.45) is 0 Å². The van der Waals surface area contributed by atoms with E-state index in [1.807, 2.05) is 0 Å². The fraction of sp³-hybridized carbons (Fsp3) is 0.281. The molecule has 5 aromatic rings. The van der Waals surface area contributed by atoms with Crippen LogP contribution in [0.3, 0.4) is 0 Å². The van der Waals surface area contributed by atoms with Crippen molar-refractivity contribution in [3.05, 3.63) is 93.7 Å². The normalized spacial score (nSPS) is 15.6. The van der Waals surface area contributed by atoms with E-state index >= 15 is 8.78 Å². The fourth-order valence-corrected chi connectivity index (χ4v) is 7.27. The van der Waals surface area contributed by atoms with E-state index in [4.69, 9.17) is 0 Å². The molecule has 1 aliphatic carbocycles. The lowest BCUT2D eigenvalue weighted by atomic mass is 9.89. The number of hydrogen-bond donors (Lipinski definition) is 1. The summed E-state index contributed by atoms with van der Waals surface area (Å²) < 4.78 is 131. The number of nitrogens with one attached hydrogen (secondary N) is 1. The van der Waals surface area contributed by atoms with Crippen LogP contribution in [0, 0.1) is 28.8 Å². The van der Waals surface area contributed by atoms with Gasteiger partial charge in [0.05, 0.1) is 27.6 Å². The lowest BCUT2D eigenvalue weighted by Crippen LogP contribution is -2.37. The lowest BCUT2D eigenvalue weighted by Gasteiger charge is -2.29. The first-order valence-corrected chi connectivity index (χ1v) is 16.6. The van der Waals surface area contributed by atoms with Gasteiger partial charge in [-0.1, -0.05) is 17.8 Å². The minimum atomic E-state index is -4.07.